The van der Waals surface area contributed by atoms with E-state index in [1.807, 2.05) is 0 Å². The van der Waals surface area contributed by atoms with Gasteiger partial charge in [-0.25, -0.2) is 0 Å². The van der Waals surface area contributed by atoms with Gasteiger partial charge in [0.05, 0.1) is 0 Å². The zero-order valence-electron chi connectivity index (χ0n) is 5.37. The minimum absolute atomic E-state index is 0. The summed E-state index contributed by atoms with van der Waals surface area (Å²) in [4.78, 5) is 29.3. The molecule has 1 radical (unpaired) electrons. The van der Waals surface area contributed by atoms with E-state index >= 15 is 0 Å². The second kappa shape index (κ2) is 8.80. The summed E-state index contributed by atoms with van der Waals surface area (Å²) in [6.07, 6.45) is 0. The summed E-state index contributed by atoms with van der Waals surface area (Å²) < 4.78 is 0. The molecule has 0 aliphatic heterocycles. The van der Waals surface area contributed by atoms with Gasteiger partial charge in [0.15, 0.2) is 0 Å². The normalized spacial score (nSPS) is 7.50. The Kier molecular flexibility index (Phi) is 24.8. The van der Waals surface area contributed by atoms with Crippen LogP contribution in [0.25, 0.3) is 0 Å². The van der Waals surface area contributed by atoms with Gasteiger partial charge in [0, 0.05) is 36.5 Å². The SMILES string of the molecule is O[Si](O)(O)O.[H-].[Li+].[Mn].[Zn]. The molecule has 0 rings (SSSR count). The largest absolute Gasteiger partial charge is 1.00 e. The third-order valence-electron chi connectivity index (χ3n) is 0. The van der Waals surface area contributed by atoms with Crippen LogP contribution in [-0.4, -0.2) is 28.2 Å². The van der Waals surface area contributed by atoms with Gasteiger partial charge in [-0.15, -0.1) is 0 Å². The van der Waals surface area contributed by atoms with Gasteiger partial charge in [-0.3, -0.25) is 0 Å². The minimum atomic E-state index is -4.61. The molecule has 0 saturated carbocycles. The monoisotopic (exact) mass is 223 g/mol. The van der Waals surface area contributed by atoms with Gasteiger partial charge in [0.2, 0.25) is 0 Å². The first-order chi connectivity index (χ1) is 2.00. The van der Waals surface area contributed by atoms with Gasteiger partial charge in [0.1, 0.15) is 0 Å². The van der Waals surface area contributed by atoms with Crippen LogP contribution in [0.2, 0.25) is 0 Å². The average molecular weight is 224 g/mol. The van der Waals surface area contributed by atoms with E-state index in [2.05, 4.69) is 0 Å². The fraction of sp³-hybridized carbons (Fsp3) is 0. The second-order valence-electron chi connectivity index (χ2n) is 0.600. The van der Waals surface area contributed by atoms with Crippen LogP contribution in [0.15, 0.2) is 0 Å². The molecule has 0 aromatic rings. The Bertz CT molecular complexity index is 36.0. The Hall–Kier alpha value is 1.80. The maximum atomic E-state index is 7.33. The van der Waals surface area contributed by atoms with Crippen LogP contribution in [0.3, 0.4) is 0 Å². The Morgan fingerprint density at radius 2 is 1.00 bits per heavy atom. The molecule has 0 saturated heterocycles. The van der Waals surface area contributed by atoms with Gasteiger partial charge in [-0.2, -0.15) is 0 Å². The summed E-state index contributed by atoms with van der Waals surface area (Å²) in [6.45, 7) is 0. The van der Waals surface area contributed by atoms with Crippen molar-refractivity contribution in [3.8, 4) is 0 Å². The Balaban J connectivity index is -0.0000000133. The summed E-state index contributed by atoms with van der Waals surface area (Å²) >= 11 is 0. The first kappa shape index (κ1) is 22.6. The molecular formula is H5LiMnO4SiZn. The molecule has 0 heterocycles. The molecule has 4 N–H and O–H groups in total. The van der Waals surface area contributed by atoms with E-state index in [1.165, 1.54) is 0 Å². The van der Waals surface area contributed by atoms with Crippen molar-refractivity contribution < 1.29 is 76.0 Å². The summed E-state index contributed by atoms with van der Waals surface area (Å²) in [5.41, 5.74) is 0. The van der Waals surface area contributed by atoms with Crippen molar-refractivity contribution in [3.05, 3.63) is 0 Å². The molecule has 43 valence electrons. The van der Waals surface area contributed by atoms with E-state index < -0.39 is 9.05 Å². The Morgan fingerprint density at radius 1 is 1.00 bits per heavy atom. The molecule has 0 bridgehead atoms. The van der Waals surface area contributed by atoms with Crippen molar-refractivity contribution in [1.29, 1.82) is 0 Å². The number of hydrogen-bond acceptors (Lipinski definition) is 4. The molecular weight excluding hydrogens is 219 g/mol. The first-order valence-corrected chi connectivity index (χ1v) is 2.68. The molecule has 0 spiro atoms. The third-order valence-corrected chi connectivity index (χ3v) is 0. The van der Waals surface area contributed by atoms with Crippen molar-refractivity contribution in [2.24, 2.45) is 0 Å². The van der Waals surface area contributed by atoms with Crippen molar-refractivity contribution in [3.63, 3.8) is 0 Å². The van der Waals surface area contributed by atoms with Crippen molar-refractivity contribution in [2.45, 2.75) is 0 Å². The zero-order valence-corrected chi connectivity index (χ0v) is 9.52. The molecule has 0 aromatic carbocycles. The minimum Gasteiger partial charge on any atom is -1.00 e. The van der Waals surface area contributed by atoms with E-state index in [0.29, 0.717) is 0 Å². The van der Waals surface area contributed by atoms with Crippen molar-refractivity contribution >= 4 is 9.05 Å². The van der Waals surface area contributed by atoms with Gasteiger partial charge in [-0.1, -0.05) is 0 Å². The number of hydrogen-bond donors (Lipinski definition) is 4. The van der Waals surface area contributed by atoms with Gasteiger partial charge in [0.25, 0.3) is 0 Å². The van der Waals surface area contributed by atoms with Gasteiger partial charge >= 0.3 is 27.9 Å². The van der Waals surface area contributed by atoms with Crippen molar-refractivity contribution in [1.82, 2.24) is 0 Å². The van der Waals surface area contributed by atoms with Crippen molar-refractivity contribution in [2.75, 3.05) is 0 Å². The number of rotatable bonds is 0. The molecule has 0 aliphatic carbocycles. The smallest absolute Gasteiger partial charge is 1.00 e. The van der Waals surface area contributed by atoms with E-state index in [4.69, 9.17) is 19.2 Å². The Labute approximate surface area is 84.7 Å². The zero-order chi connectivity index (χ0) is 4.50. The second-order valence-corrected chi connectivity index (χ2v) is 1.80. The Morgan fingerprint density at radius 3 is 1.00 bits per heavy atom. The molecule has 8 heavy (non-hydrogen) atoms. The third kappa shape index (κ3) is 112. The average Bonchev–Trinajstić information content (AvgIpc) is 0.722. The molecule has 0 amide bonds. The fourth-order valence-corrected chi connectivity index (χ4v) is 0. The molecule has 0 aromatic heterocycles. The summed E-state index contributed by atoms with van der Waals surface area (Å²) in [5, 5.41) is 0. The van der Waals surface area contributed by atoms with Crippen LogP contribution in [0.4, 0.5) is 0 Å². The van der Waals surface area contributed by atoms with Crippen LogP contribution in [0, 0.1) is 0 Å². The van der Waals surface area contributed by atoms with E-state index in [9.17, 15) is 0 Å². The molecule has 0 fully saturated rings. The van der Waals surface area contributed by atoms with Gasteiger partial charge < -0.3 is 20.6 Å². The predicted molar refractivity (Wildman–Crippen MR) is 15.7 cm³/mol. The van der Waals surface area contributed by atoms with Crippen LogP contribution in [0.1, 0.15) is 1.43 Å². The van der Waals surface area contributed by atoms with Crippen LogP contribution in [-0.2, 0) is 36.5 Å². The van der Waals surface area contributed by atoms with Crippen LogP contribution >= 0.6 is 0 Å². The molecule has 8 heteroatoms. The van der Waals surface area contributed by atoms with Gasteiger partial charge in [-0.05, 0) is 0 Å². The fourth-order valence-electron chi connectivity index (χ4n) is 0. The van der Waals surface area contributed by atoms with Crippen LogP contribution in [0.5, 0.6) is 0 Å². The predicted octanol–water partition coefficient (Wildman–Crippen LogP) is -5.50. The maximum absolute atomic E-state index is 7.33. The molecule has 0 aliphatic rings. The summed E-state index contributed by atoms with van der Waals surface area (Å²) in [7, 11) is -4.61. The molecule has 0 unspecified atom stereocenters. The van der Waals surface area contributed by atoms with Crippen LogP contribution < -0.4 is 18.9 Å². The summed E-state index contributed by atoms with van der Waals surface area (Å²) in [6, 6.07) is 0. The van der Waals surface area contributed by atoms with E-state index in [0.717, 1.165) is 0 Å². The van der Waals surface area contributed by atoms with E-state index in [-0.39, 0.29) is 56.8 Å². The first-order valence-electron chi connectivity index (χ1n) is 0.894. The molecule has 4 nitrogen and oxygen atoms in total. The standard InChI is InChI=1S/Li.Mn.H4O4Si.Zn.H/c;;1-5(2,3)4;;/h;;1-4H;;/q+1;;;;-1. The quantitative estimate of drug-likeness (QED) is 0.310. The topological polar surface area (TPSA) is 80.9 Å². The van der Waals surface area contributed by atoms with E-state index in [1.54, 1.807) is 0 Å². The maximum Gasteiger partial charge on any atom is 1.00 e. The molecule has 0 atom stereocenters. The summed E-state index contributed by atoms with van der Waals surface area (Å²) in [5.74, 6) is 0.